The van der Waals surface area contributed by atoms with Crippen LogP contribution < -0.4 is 5.32 Å². The van der Waals surface area contributed by atoms with E-state index in [1.165, 1.54) is 0 Å². The number of aromatic nitrogens is 2. The second kappa shape index (κ2) is 6.18. The fraction of sp³-hybridized carbons (Fsp3) is 0.0625. The van der Waals surface area contributed by atoms with Crippen molar-refractivity contribution in [1.82, 2.24) is 9.97 Å². The molecule has 0 spiro atoms. The Balaban J connectivity index is 1.66. The van der Waals surface area contributed by atoms with Crippen molar-refractivity contribution in [2.24, 2.45) is 0 Å². The van der Waals surface area contributed by atoms with Gasteiger partial charge in [0, 0.05) is 5.69 Å². The van der Waals surface area contributed by atoms with E-state index in [0.29, 0.717) is 16.7 Å². The van der Waals surface area contributed by atoms with Gasteiger partial charge in [-0.15, -0.1) is 0 Å². The van der Waals surface area contributed by atoms with Crippen LogP contribution in [0.25, 0.3) is 11.0 Å². The third kappa shape index (κ3) is 3.46. The smallest absolute Gasteiger partial charge is 0.411 e. The van der Waals surface area contributed by atoms with E-state index in [2.05, 4.69) is 15.3 Å². The summed E-state index contributed by atoms with van der Waals surface area (Å²) in [4.78, 5) is 29.2. The first-order chi connectivity index (χ1) is 11.1. The molecule has 0 radical (unpaired) electrons. The highest BCUT2D eigenvalue weighted by Crippen LogP contribution is 2.17. The molecule has 1 aromatic heterocycles. The molecule has 0 saturated carbocycles. The van der Waals surface area contributed by atoms with Crippen molar-refractivity contribution in [3.63, 3.8) is 0 Å². The second-order valence-corrected chi connectivity index (χ2v) is 4.81. The van der Waals surface area contributed by atoms with Gasteiger partial charge in [0.05, 0.1) is 11.0 Å². The third-order valence-electron chi connectivity index (χ3n) is 3.14. The molecule has 0 fully saturated rings. The molecule has 3 aromatic rings. The molecule has 0 aliphatic heterocycles. The maximum absolute atomic E-state index is 11.8. The van der Waals surface area contributed by atoms with Crippen LogP contribution in [0.2, 0.25) is 0 Å². The van der Waals surface area contributed by atoms with Crippen LogP contribution in [0.3, 0.4) is 0 Å². The summed E-state index contributed by atoms with van der Waals surface area (Å²) in [6, 6.07) is 14.2. The first-order valence-electron chi connectivity index (χ1n) is 6.82. The summed E-state index contributed by atoms with van der Waals surface area (Å²) < 4.78 is 5.12. The number of carboxylic acid groups (broad SMARTS) is 1. The average molecular weight is 311 g/mol. The molecule has 0 unspecified atom stereocenters. The standard InChI is InChI=1S/C16H13N3O4/c20-15(21)14-18-12-7-6-11(8-13(12)19-14)17-16(22)23-9-10-4-2-1-3-5-10/h1-8H,9H2,(H,17,22)(H,18,19)(H,20,21). The number of aromatic amines is 1. The van der Waals surface area contributed by atoms with Gasteiger partial charge in [0.2, 0.25) is 5.82 Å². The lowest BCUT2D eigenvalue weighted by Gasteiger charge is -2.07. The van der Waals surface area contributed by atoms with Crippen LogP contribution in [0.4, 0.5) is 10.5 Å². The first-order valence-corrected chi connectivity index (χ1v) is 6.82. The van der Waals surface area contributed by atoms with Gasteiger partial charge in [0.15, 0.2) is 0 Å². The Kier molecular flexibility index (Phi) is 3.92. The number of H-pyrrole nitrogens is 1. The van der Waals surface area contributed by atoms with E-state index in [4.69, 9.17) is 9.84 Å². The Bertz CT molecular complexity index is 858. The van der Waals surface area contributed by atoms with Gasteiger partial charge in [0.1, 0.15) is 6.61 Å². The quantitative estimate of drug-likeness (QED) is 0.687. The second-order valence-electron chi connectivity index (χ2n) is 4.81. The van der Waals surface area contributed by atoms with Crippen LogP contribution in [-0.4, -0.2) is 27.1 Å². The summed E-state index contributed by atoms with van der Waals surface area (Å²) in [7, 11) is 0. The number of carboxylic acids is 1. The van der Waals surface area contributed by atoms with Crippen molar-refractivity contribution in [2.75, 3.05) is 5.32 Å². The van der Waals surface area contributed by atoms with Crippen molar-refractivity contribution < 1.29 is 19.4 Å². The zero-order valence-electron chi connectivity index (χ0n) is 11.9. The highest BCUT2D eigenvalue weighted by atomic mass is 16.5. The van der Waals surface area contributed by atoms with E-state index < -0.39 is 12.1 Å². The molecule has 2 aromatic carbocycles. The average Bonchev–Trinajstić information content (AvgIpc) is 2.97. The summed E-state index contributed by atoms with van der Waals surface area (Å²) >= 11 is 0. The van der Waals surface area contributed by atoms with Crippen molar-refractivity contribution in [3.05, 3.63) is 59.9 Å². The molecule has 3 N–H and O–H groups in total. The number of aromatic carboxylic acids is 1. The Morgan fingerprint density at radius 1 is 1.17 bits per heavy atom. The van der Waals surface area contributed by atoms with Gasteiger partial charge in [0.25, 0.3) is 0 Å². The number of hydrogen-bond acceptors (Lipinski definition) is 4. The van der Waals surface area contributed by atoms with E-state index in [9.17, 15) is 9.59 Å². The number of nitrogens with one attached hydrogen (secondary N) is 2. The van der Waals surface area contributed by atoms with Gasteiger partial charge in [-0.3, -0.25) is 5.32 Å². The zero-order chi connectivity index (χ0) is 16.2. The number of nitrogens with zero attached hydrogens (tertiary/aromatic N) is 1. The minimum absolute atomic E-state index is 0.149. The predicted octanol–water partition coefficient (Wildman–Crippen LogP) is 3.01. The van der Waals surface area contributed by atoms with Crippen LogP contribution >= 0.6 is 0 Å². The van der Waals surface area contributed by atoms with Gasteiger partial charge in [-0.05, 0) is 23.8 Å². The molecular weight excluding hydrogens is 298 g/mol. The van der Waals surface area contributed by atoms with Crippen LogP contribution in [-0.2, 0) is 11.3 Å². The minimum atomic E-state index is -1.14. The minimum Gasteiger partial charge on any atom is -0.475 e. The van der Waals surface area contributed by atoms with Crippen molar-refractivity contribution in [3.8, 4) is 0 Å². The van der Waals surface area contributed by atoms with Crippen LogP contribution in [0.5, 0.6) is 0 Å². The lowest BCUT2D eigenvalue weighted by Crippen LogP contribution is -2.13. The summed E-state index contributed by atoms with van der Waals surface area (Å²) in [6.07, 6.45) is -0.592. The van der Waals surface area contributed by atoms with E-state index in [1.807, 2.05) is 30.3 Å². The first kappa shape index (κ1) is 14.6. The van der Waals surface area contributed by atoms with Gasteiger partial charge < -0.3 is 14.8 Å². The van der Waals surface area contributed by atoms with Crippen molar-refractivity contribution in [1.29, 1.82) is 0 Å². The molecule has 0 aliphatic rings. The number of ether oxygens (including phenoxy) is 1. The highest BCUT2D eigenvalue weighted by Gasteiger charge is 2.10. The van der Waals surface area contributed by atoms with E-state index in [1.54, 1.807) is 18.2 Å². The Labute approximate surface area is 130 Å². The van der Waals surface area contributed by atoms with Gasteiger partial charge in [-0.1, -0.05) is 30.3 Å². The summed E-state index contributed by atoms with van der Waals surface area (Å²) in [5.74, 6) is -1.29. The third-order valence-corrected chi connectivity index (χ3v) is 3.14. The number of hydrogen-bond donors (Lipinski definition) is 3. The van der Waals surface area contributed by atoms with E-state index in [-0.39, 0.29) is 12.4 Å². The molecule has 0 atom stereocenters. The monoisotopic (exact) mass is 311 g/mol. The zero-order valence-corrected chi connectivity index (χ0v) is 11.9. The molecule has 116 valence electrons. The number of anilines is 1. The molecule has 0 saturated heterocycles. The normalized spacial score (nSPS) is 10.4. The predicted molar refractivity (Wildman–Crippen MR) is 83.3 cm³/mol. The number of rotatable bonds is 4. The molecule has 1 amide bonds. The molecule has 3 rings (SSSR count). The molecule has 0 aliphatic carbocycles. The summed E-state index contributed by atoms with van der Waals surface area (Å²) in [5.41, 5.74) is 2.39. The molecule has 1 heterocycles. The summed E-state index contributed by atoms with van der Waals surface area (Å²) in [5, 5.41) is 11.5. The van der Waals surface area contributed by atoms with Gasteiger partial charge in [-0.25, -0.2) is 14.6 Å². The fourth-order valence-corrected chi connectivity index (χ4v) is 2.07. The maximum atomic E-state index is 11.8. The maximum Gasteiger partial charge on any atom is 0.411 e. The fourth-order valence-electron chi connectivity index (χ4n) is 2.07. The number of carbonyl (C=O) groups excluding carboxylic acids is 1. The van der Waals surface area contributed by atoms with Gasteiger partial charge in [-0.2, -0.15) is 0 Å². The van der Waals surface area contributed by atoms with E-state index >= 15 is 0 Å². The Morgan fingerprint density at radius 3 is 2.70 bits per heavy atom. The topological polar surface area (TPSA) is 104 Å². The summed E-state index contributed by atoms with van der Waals surface area (Å²) in [6.45, 7) is 0.169. The number of benzene rings is 2. The van der Waals surface area contributed by atoms with Gasteiger partial charge >= 0.3 is 12.1 Å². The largest absolute Gasteiger partial charge is 0.475 e. The molecular formula is C16H13N3O4. The number of imidazole rings is 1. The van der Waals surface area contributed by atoms with Crippen LogP contribution in [0.15, 0.2) is 48.5 Å². The van der Waals surface area contributed by atoms with Crippen molar-refractivity contribution in [2.45, 2.75) is 6.61 Å². The molecule has 7 heteroatoms. The highest BCUT2D eigenvalue weighted by molar-refractivity contribution is 5.92. The lowest BCUT2D eigenvalue weighted by atomic mass is 10.2. The molecule has 23 heavy (non-hydrogen) atoms. The number of amides is 1. The van der Waals surface area contributed by atoms with Crippen LogP contribution in [0.1, 0.15) is 16.2 Å². The molecule has 7 nitrogen and oxygen atoms in total. The number of fused-ring (bicyclic) bond motifs is 1. The van der Waals surface area contributed by atoms with Crippen LogP contribution in [0, 0.1) is 0 Å². The molecule has 0 bridgehead atoms. The Morgan fingerprint density at radius 2 is 1.96 bits per heavy atom. The number of carbonyl (C=O) groups is 2. The lowest BCUT2D eigenvalue weighted by molar-refractivity contribution is 0.0685. The van der Waals surface area contributed by atoms with Crippen molar-refractivity contribution >= 4 is 28.8 Å². The SMILES string of the molecule is O=C(Nc1ccc2nc(C(=O)O)[nH]c2c1)OCc1ccccc1. The Hall–Kier alpha value is -3.35. The van der Waals surface area contributed by atoms with E-state index in [0.717, 1.165) is 5.56 Å².